The first kappa shape index (κ1) is 12.9. The third kappa shape index (κ3) is 2.35. The molecule has 0 saturated heterocycles. The number of hydrogen-bond acceptors (Lipinski definition) is 3. The fraction of sp³-hybridized carbons (Fsp3) is 0.0769. The molecule has 0 radical (unpaired) electrons. The van der Waals surface area contributed by atoms with Crippen LogP contribution in [-0.4, -0.2) is 20.8 Å². The van der Waals surface area contributed by atoms with Crippen LogP contribution in [0.25, 0.3) is 16.9 Å². The second-order valence-corrected chi connectivity index (χ2v) is 6.17. The third-order valence-corrected chi connectivity index (χ3v) is 4.28. The summed E-state index contributed by atoms with van der Waals surface area (Å²) in [4.78, 5) is 8.84. The van der Waals surface area contributed by atoms with Crippen molar-refractivity contribution in [2.75, 3.05) is 6.26 Å². The molecule has 0 unspecified atom stereocenters. The Morgan fingerprint density at radius 2 is 2.05 bits per heavy atom. The Kier molecular flexibility index (Phi) is 3.47. The summed E-state index contributed by atoms with van der Waals surface area (Å²) in [7, 11) is 0. The summed E-state index contributed by atoms with van der Waals surface area (Å²) >= 11 is 10.5. The average Bonchev–Trinajstić information content (AvgIpc) is 2.74. The molecule has 0 spiro atoms. The lowest BCUT2D eigenvalue weighted by molar-refractivity contribution is 1.04. The molecule has 1 N–H and O–H groups in total. The van der Waals surface area contributed by atoms with Crippen LogP contribution >= 0.6 is 39.9 Å². The summed E-state index contributed by atoms with van der Waals surface area (Å²) < 4.78 is 3.53. The van der Waals surface area contributed by atoms with E-state index in [9.17, 15) is 0 Å². The van der Waals surface area contributed by atoms with E-state index in [1.54, 1.807) is 18.0 Å². The molecule has 0 bridgehead atoms. The van der Waals surface area contributed by atoms with Crippen molar-refractivity contribution in [1.29, 1.82) is 0 Å². The zero-order chi connectivity index (χ0) is 13.4. The Balaban J connectivity index is 2.23. The number of thioether (sulfide) groups is 1. The smallest absolute Gasteiger partial charge is 0.183 e. The zero-order valence-corrected chi connectivity index (χ0v) is 13.3. The number of aromatic nitrogens is 3. The first-order valence-corrected chi connectivity index (χ1v) is 8.02. The maximum Gasteiger partial charge on any atom is 0.183 e. The van der Waals surface area contributed by atoms with Crippen molar-refractivity contribution in [1.82, 2.24) is 14.5 Å². The summed E-state index contributed by atoms with van der Waals surface area (Å²) in [5, 5.41) is 0. The van der Waals surface area contributed by atoms with Gasteiger partial charge in [-0.3, -0.25) is 4.57 Å². The van der Waals surface area contributed by atoms with E-state index in [0.29, 0.717) is 4.77 Å². The van der Waals surface area contributed by atoms with E-state index in [2.05, 4.69) is 56.4 Å². The maximum atomic E-state index is 5.39. The average molecular weight is 352 g/mol. The van der Waals surface area contributed by atoms with Crippen LogP contribution in [0.4, 0.5) is 0 Å². The zero-order valence-electron chi connectivity index (χ0n) is 10.1. The first-order chi connectivity index (χ1) is 9.19. The van der Waals surface area contributed by atoms with E-state index >= 15 is 0 Å². The molecule has 0 aliphatic rings. The van der Waals surface area contributed by atoms with E-state index in [1.165, 1.54) is 4.90 Å². The molecule has 3 rings (SSSR count). The number of fused-ring (bicyclic) bond motifs is 1. The SMILES string of the molecule is CSc1ccc(-n2c(=S)[nH]c3cc(Br)cnc32)cc1. The topological polar surface area (TPSA) is 33.6 Å². The molecule has 2 aromatic heterocycles. The van der Waals surface area contributed by atoms with Crippen LogP contribution in [0, 0.1) is 4.77 Å². The number of imidazole rings is 1. The van der Waals surface area contributed by atoms with Gasteiger partial charge >= 0.3 is 0 Å². The summed E-state index contributed by atoms with van der Waals surface area (Å²) in [6, 6.07) is 10.3. The molecule has 0 atom stereocenters. The van der Waals surface area contributed by atoms with Gasteiger partial charge < -0.3 is 4.98 Å². The van der Waals surface area contributed by atoms with Crippen molar-refractivity contribution in [3.63, 3.8) is 0 Å². The van der Waals surface area contributed by atoms with Gasteiger partial charge in [-0.15, -0.1) is 11.8 Å². The number of nitrogens with zero attached hydrogens (tertiary/aromatic N) is 2. The third-order valence-electron chi connectivity index (χ3n) is 2.82. The minimum atomic E-state index is 0.650. The molecule has 0 aliphatic heterocycles. The summed E-state index contributed by atoms with van der Waals surface area (Å²) in [5.41, 5.74) is 2.78. The van der Waals surface area contributed by atoms with Gasteiger partial charge in [0.25, 0.3) is 0 Å². The number of nitrogens with one attached hydrogen (secondary N) is 1. The van der Waals surface area contributed by atoms with Crippen LogP contribution in [-0.2, 0) is 0 Å². The number of hydrogen-bond donors (Lipinski definition) is 1. The van der Waals surface area contributed by atoms with E-state index in [-0.39, 0.29) is 0 Å². The number of halogens is 1. The van der Waals surface area contributed by atoms with Crippen LogP contribution in [0.3, 0.4) is 0 Å². The Morgan fingerprint density at radius 3 is 2.74 bits per heavy atom. The van der Waals surface area contributed by atoms with Crippen molar-refractivity contribution in [3.05, 3.63) is 45.8 Å². The Morgan fingerprint density at radius 1 is 1.32 bits per heavy atom. The van der Waals surface area contributed by atoms with Gasteiger partial charge in [0, 0.05) is 21.3 Å². The second kappa shape index (κ2) is 5.11. The molecule has 3 aromatic rings. The van der Waals surface area contributed by atoms with Crippen LogP contribution in [0.5, 0.6) is 0 Å². The van der Waals surface area contributed by atoms with Gasteiger partial charge in [-0.2, -0.15) is 0 Å². The van der Waals surface area contributed by atoms with Crippen LogP contribution < -0.4 is 0 Å². The highest BCUT2D eigenvalue weighted by Gasteiger charge is 2.08. The molecule has 0 fully saturated rings. The fourth-order valence-corrected chi connectivity index (χ4v) is 2.98. The quantitative estimate of drug-likeness (QED) is 0.542. The van der Waals surface area contributed by atoms with Gasteiger partial charge in [0.1, 0.15) is 0 Å². The number of aromatic amines is 1. The molecule has 0 saturated carbocycles. The molecular formula is C13H10BrN3S2. The summed E-state index contributed by atoms with van der Waals surface area (Å²) in [5.74, 6) is 0. The predicted molar refractivity (Wildman–Crippen MR) is 85.7 cm³/mol. The maximum absolute atomic E-state index is 5.39. The molecule has 19 heavy (non-hydrogen) atoms. The predicted octanol–water partition coefficient (Wildman–Crippen LogP) is 4.57. The van der Waals surface area contributed by atoms with Crippen LogP contribution in [0.1, 0.15) is 0 Å². The van der Waals surface area contributed by atoms with Gasteiger partial charge in [-0.1, -0.05) is 0 Å². The van der Waals surface area contributed by atoms with Crippen molar-refractivity contribution in [3.8, 4) is 5.69 Å². The minimum Gasteiger partial charge on any atom is -0.329 e. The fourth-order valence-electron chi connectivity index (χ4n) is 1.94. The molecule has 3 nitrogen and oxygen atoms in total. The van der Waals surface area contributed by atoms with Gasteiger partial charge in [0.05, 0.1) is 5.52 Å². The standard InChI is InChI=1S/C13H10BrN3S2/c1-19-10-4-2-9(3-5-10)17-12-11(16-13(17)18)6-8(14)7-15-12/h2-7H,1H3,(H,16,18). The van der Waals surface area contributed by atoms with E-state index in [0.717, 1.165) is 21.3 Å². The minimum absolute atomic E-state index is 0.650. The van der Waals surface area contributed by atoms with Gasteiger partial charge in [-0.05, 0) is 64.7 Å². The highest BCUT2D eigenvalue weighted by atomic mass is 79.9. The van der Waals surface area contributed by atoms with Gasteiger partial charge in [0.2, 0.25) is 0 Å². The summed E-state index contributed by atoms with van der Waals surface area (Å²) in [6.07, 6.45) is 3.84. The monoisotopic (exact) mass is 351 g/mol. The molecule has 0 amide bonds. The van der Waals surface area contributed by atoms with E-state index in [4.69, 9.17) is 12.2 Å². The second-order valence-electron chi connectivity index (χ2n) is 3.99. The molecule has 0 aliphatic carbocycles. The Labute approximate surface area is 128 Å². The number of benzene rings is 1. The van der Waals surface area contributed by atoms with E-state index in [1.807, 2.05) is 10.6 Å². The largest absolute Gasteiger partial charge is 0.329 e. The van der Waals surface area contributed by atoms with Crippen molar-refractivity contribution < 1.29 is 0 Å². The van der Waals surface area contributed by atoms with Crippen LogP contribution in [0.15, 0.2) is 45.9 Å². The van der Waals surface area contributed by atoms with Gasteiger partial charge in [-0.25, -0.2) is 4.98 Å². The molecule has 96 valence electrons. The Hall–Kier alpha value is -1.11. The molecule has 2 heterocycles. The number of H-pyrrole nitrogens is 1. The highest BCUT2D eigenvalue weighted by molar-refractivity contribution is 9.10. The van der Waals surface area contributed by atoms with Crippen molar-refractivity contribution >= 4 is 51.1 Å². The Bertz CT molecular complexity index is 790. The lowest BCUT2D eigenvalue weighted by atomic mass is 10.3. The van der Waals surface area contributed by atoms with E-state index < -0.39 is 0 Å². The molecular weight excluding hydrogens is 342 g/mol. The van der Waals surface area contributed by atoms with Crippen molar-refractivity contribution in [2.45, 2.75) is 4.90 Å². The van der Waals surface area contributed by atoms with Crippen LogP contribution in [0.2, 0.25) is 0 Å². The summed E-state index contributed by atoms with van der Waals surface area (Å²) in [6.45, 7) is 0. The number of rotatable bonds is 2. The first-order valence-electron chi connectivity index (χ1n) is 5.60. The normalized spacial score (nSPS) is 11.1. The number of pyridine rings is 1. The highest BCUT2D eigenvalue weighted by Crippen LogP contribution is 2.22. The van der Waals surface area contributed by atoms with Gasteiger partial charge in [0.15, 0.2) is 10.4 Å². The lowest BCUT2D eigenvalue weighted by Gasteiger charge is -2.04. The molecule has 6 heteroatoms. The molecule has 1 aromatic carbocycles. The van der Waals surface area contributed by atoms with Crippen molar-refractivity contribution in [2.24, 2.45) is 0 Å². The lowest BCUT2D eigenvalue weighted by Crippen LogP contribution is -1.95.